The maximum absolute atomic E-state index is 12.4. The van der Waals surface area contributed by atoms with Gasteiger partial charge in [0.05, 0.1) is 10.9 Å². The lowest BCUT2D eigenvalue weighted by molar-refractivity contribution is 0.0947. The summed E-state index contributed by atoms with van der Waals surface area (Å²) in [6.07, 6.45) is 1.56. The molecule has 2 rings (SSSR count). The van der Waals surface area contributed by atoms with Gasteiger partial charge in [-0.2, -0.15) is 0 Å². The van der Waals surface area contributed by atoms with Crippen molar-refractivity contribution in [3.05, 3.63) is 40.2 Å². The summed E-state index contributed by atoms with van der Waals surface area (Å²) in [4.78, 5) is 24.5. The highest BCUT2D eigenvalue weighted by molar-refractivity contribution is 6.00. The Hall–Kier alpha value is -2.30. The van der Waals surface area contributed by atoms with Gasteiger partial charge in [-0.15, -0.1) is 0 Å². The summed E-state index contributed by atoms with van der Waals surface area (Å²) < 4.78 is 1.75. The Morgan fingerprint density at radius 2 is 2.10 bits per heavy atom. The van der Waals surface area contributed by atoms with Gasteiger partial charge in [0.2, 0.25) is 5.43 Å². The topological polar surface area (TPSA) is 77.1 Å². The molecule has 0 aliphatic rings. The number of fused-ring (bicyclic) bond motifs is 1. The molecule has 0 spiro atoms. The van der Waals surface area contributed by atoms with Crippen molar-refractivity contribution < 1.29 is 4.79 Å². The van der Waals surface area contributed by atoms with Crippen molar-refractivity contribution in [2.45, 2.75) is 13.8 Å². The Kier molecular flexibility index (Phi) is 3.79. The van der Waals surface area contributed by atoms with Crippen molar-refractivity contribution >= 4 is 22.5 Å². The monoisotopic (exact) mass is 273 g/mol. The van der Waals surface area contributed by atoms with Crippen LogP contribution in [0.1, 0.15) is 24.2 Å². The summed E-state index contributed by atoms with van der Waals surface area (Å²) in [6.45, 7) is 4.53. The first-order valence-corrected chi connectivity index (χ1v) is 6.58. The number of rotatable bonds is 3. The van der Waals surface area contributed by atoms with E-state index in [0.29, 0.717) is 23.5 Å². The van der Waals surface area contributed by atoms with Gasteiger partial charge in [-0.05, 0) is 18.1 Å². The van der Waals surface area contributed by atoms with Crippen LogP contribution in [0.25, 0.3) is 10.9 Å². The minimum atomic E-state index is -0.357. The van der Waals surface area contributed by atoms with E-state index in [1.54, 1.807) is 29.9 Å². The summed E-state index contributed by atoms with van der Waals surface area (Å²) >= 11 is 0. The number of nitrogens with two attached hydrogens (primary N) is 1. The molecule has 1 aromatic heterocycles. The van der Waals surface area contributed by atoms with Gasteiger partial charge >= 0.3 is 0 Å². The van der Waals surface area contributed by atoms with Crippen molar-refractivity contribution in [2.24, 2.45) is 13.0 Å². The van der Waals surface area contributed by atoms with E-state index in [1.165, 1.54) is 0 Å². The van der Waals surface area contributed by atoms with Crippen molar-refractivity contribution in [2.75, 3.05) is 12.3 Å². The Labute approximate surface area is 117 Å². The zero-order chi connectivity index (χ0) is 14.9. The van der Waals surface area contributed by atoms with Gasteiger partial charge in [-0.1, -0.05) is 19.9 Å². The molecule has 0 unspecified atom stereocenters. The van der Waals surface area contributed by atoms with E-state index in [0.717, 1.165) is 5.52 Å². The molecule has 0 bridgehead atoms. The molecule has 0 saturated heterocycles. The summed E-state index contributed by atoms with van der Waals surface area (Å²) in [5.74, 6) is -0.0298. The normalized spacial score (nSPS) is 11.0. The molecule has 5 heteroatoms. The van der Waals surface area contributed by atoms with Crippen LogP contribution in [0, 0.1) is 5.92 Å². The van der Waals surface area contributed by atoms with Crippen molar-refractivity contribution in [1.82, 2.24) is 9.88 Å². The summed E-state index contributed by atoms with van der Waals surface area (Å²) in [6, 6.07) is 5.26. The van der Waals surface area contributed by atoms with Crippen LogP contribution in [0.15, 0.2) is 29.2 Å². The first-order valence-electron chi connectivity index (χ1n) is 6.58. The third-order valence-electron chi connectivity index (χ3n) is 3.16. The van der Waals surface area contributed by atoms with Crippen molar-refractivity contribution in [3.63, 3.8) is 0 Å². The smallest absolute Gasteiger partial charge is 0.256 e. The third-order valence-corrected chi connectivity index (χ3v) is 3.16. The van der Waals surface area contributed by atoms with Gasteiger partial charge in [0.15, 0.2) is 0 Å². The molecule has 0 radical (unpaired) electrons. The zero-order valence-corrected chi connectivity index (χ0v) is 11.9. The van der Waals surface area contributed by atoms with Gasteiger partial charge in [-0.25, -0.2) is 0 Å². The Bertz CT molecular complexity index is 717. The standard InChI is InChI=1S/C15H19N3O2/c1-9(2)7-17-15(20)10-8-18(3)12-6-4-5-11(16)13(12)14(10)19/h4-6,8-9H,7,16H2,1-3H3,(H,17,20). The van der Waals surface area contributed by atoms with Gasteiger partial charge in [0.1, 0.15) is 5.56 Å². The van der Waals surface area contributed by atoms with E-state index in [4.69, 9.17) is 5.73 Å². The molecule has 1 amide bonds. The lowest BCUT2D eigenvalue weighted by Gasteiger charge is -2.11. The number of carbonyl (C=O) groups excluding carboxylic acids is 1. The molecule has 0 aliphatic heterocycles. The van der Waals surface area contributed by atoms with Crippen LogP contribution >= 0.6 is 0 Å². The number of aryl methyl sites for hydroxylation is 1. The Balaban J connectivity index is 2.56. The van der Waals surface area contributed by atoms with E-state index in [2.05, 4.69) is 5.32 Å². The average Bonchev–Trinajstić information content (AvgIpc) is 2.40. The second-order valence-corrected chi connectivity index (χ2v) is 5.33. The van der Waals surface area contributed by atoms with Crippen molar-refractivity contribution in [3.8, 4) is 0 Å². The minimum absolute atomic E-state index is 0.124. The summed E-state index contributed by atoms with van der Waals surface area (Å²) in [5.41, 5.74) is 6.78. The molecule has 106 valence electrons. The second-order valence-electron chi connectivity index (χ2n) is 5.33. The maximum atomic E-state index is 12.4. The first-order chi connectivity index (χ1) is 9.41. The lowest BCUT2D eigenvalue weighted by Crippen LogP contribution is -2.32. The molecule has 0 fully saturated rings. The van der Waals surface area contributed by atoms with Crippen LogP contribution in [0.5, 0.6) is 0 Å². The van der Waals surface area contributed by atoms with Crippen LogP contribution in [0.4, 0.5) is 5.69 Å². The second kappa shape index (κ2) is 5.36. The highest BCUT2D eigenvalue weighted by Crippen LogP contribution is 2.17. The van der Waals surface area contributed by atoms with Crippen LogP contribution in [-0.2, 0) is 7.05 Å². The van der Waals surface area contributed by atoms with E-state index in [9.17, 15) is 9.59 Å². The fraction of sp³-hybridized carbons (Fsp3) is 0.333. The molecule has 0 aliphatic carbocycles. The molecule has 2 aromatic rings. The first kappa shape index (κ1) is 14.1. The quantitative estimate of drug-likeness (QED) is 0.832. The molecule has 0 saturated carbocycles. The predicted octanol–water partition coefficient (Wildman–Crippen LogP) is 1.51. The predicted molar refractivity (Wildman–Crippen MR) is 80.8 cm³/mol. The highest BCUT2D eigenvalue weighted by Gasteiger charge is 2.15. The number of anilines is 1. The minimum Gasteiger partial charge on any atom is -0.398 e. The molecular weight excluding hydrogens is 254 g/mol. The van der Waals surface area contributed by atoms with E-state index in [-0.39, 0.29) is 16.9 Å². The zero-order valence-electron chi connectivity index (χ0n) is 11.9. The number of nitrogens with one attached hydrogen (secondary N) is 1. The van der Waals surface area contributed by atoms with E-state index >= 15 is 0 Å². The number of nitrogen functional groups attached to an aromatic ring is 1. The van der Waals surface area contributed by atoms with Gasteiger partial charge < -0.3 is 15.6 Å². The Morgan fingerprint density at radius 1 is 1.40 bits per heavy atom. The largest absolute Gasteiger partial charge is 0.398 e. The van der Waals surface area contributed by atoms with E-state index in [1.807, 2.05) is 19.9 Å². The van der Waals surface area contributed by atoms with Crippen LogP contribution in [0.3, 0.4) is 0 Å². The number of hydrogen-bond donors (Lipinski definition) is 2. The molecule has 5 nitrogen and oxygen atoms in total. The van der Waals surface area contributed by atoms with Crippen molar-refractivity contribution in [1.29, 1.82) is 0 Å². The number of pyridine rings is 1. The molecule has 3 N–H and O–H groups in total. The number of amides is 1. The fourth-order valence-electron chi connectivity index (χ4n) is 2.11. The van der Waals surface area contributed by atoms with Gasteiger partial charge in [0.25, 0.3) is 5.91 Å². The van der Waals surface area contributed by atoms with Crippen LogP contribution in [-0.4, -0.2) is 17.0 Å². The third kappa shape index (κ3) is 2.52. The highest BCUT2D eigenvalue weighted by atomic mass is 16.2. The number of nitrogens with zero attached hydrogens (tertiary/aromatic N) is 1. The van der Waals surface area contributed by atoms with Crippen LogP contribution in [0.2, 0.25) is 0 Å². The summed E-state index contributed by atoms with van der Waals surface area (Å²) in [5, 5.41) is 3.15. The van der Waals surface area contributed by atoms with E-state index < -0.39 is 0 Å². The maximum Gasteiger partial charge on any atom is 0.256 e. The Morgan fingerprint density at radius 3 is 2.75 bits per heavy atom. The molecule has 20 heavy (non-hydrogen) atoms. The molecule has 1 aromatic carbocycles. The lowest BCUT2D eigenvalue weighted by atomic mass is 10.1. The molecule has 1 heterocycles. The number of benzene rings is 1. The molecular formula is C15H19N3O2. The van der Waals surface area contributed by atoms with Crippen LogP contribution < -0.4 is 16.5 Å². The average molecular weight is 273 g/mol. The molecule has 0 atom stereocenters. The number of aromatic nitrogens is 1. The SMILES string of the molecule is CC(C)CNC(=O)c1cn(C)c2cccc(N)c2c1=O. The summed E-state index contributed by atoms with van der Waals surface area (Å²) in [7, 11) is 1.79. The van der Waals surface area contributed by atoms with Gasteiger partial charge in [0, 0.05) is 25.5 Å². The van der Waals surface area contributed by atoms with Gasteiger partial charge in [-0.3, -0.25) is 9.59 Å². The number of carbonyl (C=O) groups is 1. The number of hydrogen-bond acceptors (Lipinski definition) is 3. The fourth-order valence-corrected chi connectivity index (χ4v) is 2.11.